The van der Waals surface area contributed by atoms with Gasteiger partial charge in [0, 0.05) is 17.1 Å². The van der Waals surface area contributed by atoms with Gasteiger partial charge in [-0.05, 0) is 24.3 Å². The monoisotopic (exact) mass is 417 g/mol. The van der Waals surface area contributed by atoms with Crippen molar-refractivity contribution in [3.05, 3.63) is 70.5 Å². The molecule has 5 nitrogen and oxygen atoms in total. The maximum atomic E-state index is 12.2. The second-order valence-electron chi connectivity index (χ2n) is 5.28. The second-order valence-corrected chi connectivity index (χ2v) is 7.14. The highest BCUT2D eigenvalue weighted by atomic mass is 79.9. The number of rotatable bonds is 7. The zero-order valence-electron chi connectivity index (χ0n) is 13.6. The Kier molecular flexibility index (Phi) is 5.88. The molecule has 128 valence electrons. The third-order valence-electron chi connectivity index (χ3n) is 3.53. The maximum Gasteiger partial charge on any atom is 0.191 e. The number of Topliss-reactive ketones (excluding diaryl/α,β-unsaturated/α-hetero) is 1. The molecule has 0 unspecified atom stereocenters. The Hall–Kier alpha value is -2.12. The average molecular weight is 418 g/mol. The number of para-hydroxylation sites is 1. The number of halogens is 1. The third kappa shape index (κ3) is 4.70. The first-order chi connectivity index (χ1) is 12.1. The number of ether oxygens (including phenoxy) is 1. The number of aromatic nitrogens is 3. The second kappa shape index (κ2) is 8.31. The highest BCUT2D eigenvalue weighted by Crippen LogP contribution is 2.19. The van der Waals surface area contributed by atoms with E-state index < -0.39 is 0 Å². The van der Waals surface area contributed by atoms with E-state index in [0.717, 1.165) is 10.2 Å². The molecule has 0 saturated carbocycles. The molecular formula is C18H16BrN3O2S. The summed E-state index contributed by atoms with van der Waals surface area (Å²) in [6.07, 6.45) is 0. The Balaban J connectivity index is 1.57. The van der Waals surface area contributed by atoms with Gasteiger partial charge in [-0.2, -0.15) is 0 Å². The van der Waals surface area contributed by atoms with Crippen LogP contribution in [0.15, 0.2) is 64.2 Å². The highest BCUT2D eigenvalue weighted by molar-refractivity contribution is 9.10. The fourth-order valence-corrected chi connectivity index (χ4v) is 3.20. The molecule has 3 aromatic rings. The lowest BCUT2D eigenvalue weighted by Gasteiger charge is -2.06. The number of thioether (sulfide) groups is 1. The molecule has 7 heteroatoms. The van der Waals surface area contributed by atoms with Crippen LogP contribution in [0.4, 0.5) is 0 Å². The summed E-state index contributed by atoms with van der Waals surface area (Å²) in [5, 5.41) is 8.98. The molecule has 0 aliphatic rings. The average Bonchev–Trinajstić information content (AvgIpc) is 2.99. The van der Waals surface area contributed by atoms with Crippen LogP contribution in [0.25, 0.3) is 0 Å². The third-order valence-corrected chi connectivity index (χ3v) is 5.08. The van der Waals surface area contributed by atoms with Crippen LogP contribution >= 0.6 is 27.7 Å². The fourth-order valence-electron chi connectivity index (χ4n) is 2.11. The minimum atomic E-state index is 0.0579. The molecule has 0 N–H and O–H groups in total. The summed E-state index contributed by atoms with van der Waals surface area (Å²) in [5.41, 5.74) is 0.686. The van der Waals surface area contributed by atoms with Crippen molar-refractivity contribution in [1.82, 2.24) is 14.8 Å². The van der Waals surface area contributed by atoms with Gasteiger partial charge in [-0.3, -0.25) is 4.79 Å². The molecule has 0 saturated heterocycles. The number of benzene rings is 2. The van der Waals surface area contributed by atoms with E-state index in [2.05, 4.69) is 26.1 Å². The standard InChI is InChI=1S/C18H16BrN3O2S/c1-22-17(11-24-15-5-3-2-4-6-15)20-21-18(22)25-12-16(23)13-7-9-14(19)10-8-13/h2-10H,11-12H2,1H3. The predicted octanol–water partition coefficient (Wildman–Crippen LogP) is 4.13. The molecule has 25 heavy (non-hydrogen) atoms. The molecule has 0 radical (unpaired) electrons. The molecule has 0 bridgehead atoms. The number of carbonyl (C=O) groups excluding carboxylic acids is 1. The van der Waals surface area contributed by atoms with Crippen molar-refractivity contribution < 1.29 is 9.53 Å². The Morgan fingerprint density at radius 3 is 2.56 bits per heavy atom. The molecule has 2 aromatic carbocycles. The zero-order valence-corrected chi connectivity index (χ0v) is 16.0. The smallest absolute Gasteiger partial charge is 0.191 e. The molecule has 0 atom stereocenters. The van der Waals surface area contributed by atoms with Gasteiger partial charge in [-0.15, -0.1) is 10.2 Å². The fraction of sp³-hybridized carbons (Fsp3) is 0.167. The van der Waals surface area contributed by atoms with Crippen molar-refractivity contribution in [2.24, 2.45) is 7.05 Å². The van der Waals surface area contributed by atoms with Gasteiger partial charge in [0.1, 0.15) is 12.4 Å². The van der Waals surface area contributed by atoms with E-state index in [4.69, 9.17) is 4.74 Å². The van der Waals surface area contributed by atoms with E-state index in [1.807, 2.05) is 66.2 Å². The minimum Gasteiger partial charge on any atom is -0.486 e. The van der Waals surface area contributed by atoms with Gasteiger partial charge < -0.3 is 9.30 Å². The van der Waals surface area contributed by atoms with Crippen LogP contribution in [0.3, 0.4) is 0 Å². The van der Waals surface area contributed by atoms with Crippen LogP contribution in [0, 0.1) is 0 Å². The summed E-state index contributed by atoms with van der Waals surface area (Å²) in [6.45, 7) is 0.328. The van der Waals surface area contributed by atoms with Crippen molar-refractivity contribution in [2.75, 3.05) is 5.75 Å². The molecule has 0 spiro atoms. The summed E-state index contributed by atoms with van der Waals surface area (Å²) in [6, 6.07) is 16.9. The molecule has 3 rings (SSSR count). The summed E-state index contributed by atoms with van der Waals surface area (Å²) >= 11 is 4.73. The minimum absolute atomic E-state index is 0.0579. The number of nitrogens with zero attached hydrogens (tertiary/aromatic N) is 3. The molecule has 0 fully saturated rings. The summed E-state index contributed by atoms with van der Waals surface area (Å²) in [7, 11) is 1.87. The van der Waals surface area contributed by atoms with E-state index in [1.54, 1.807) is 0 Å². The molecule has 1 aromatic heterocycles. The van der Waals surface area contributed by atoms with Gasteiger partial charge in [-0.25, -0.2) is 0 Å². The van der Waals surface area contributed by atoms with Gasteiger partial charge in [0.2, 0.25) is 0 Å². The van der Waals surface area contributed by atoms with E-state index >= 15 is 0 Å². The van der Waals surface area contributed by atoms with E-state index in [0.29, 0.717) is 28.9 Å². The van der Waals surface area contributed by atoms with Gasteiger partial charge in [0.15, 0.2) is 16.8 Å². The Labute approximate surface area is 158 Å². The molecule has 0 amide bonds. The lowest BCUT2D eigenvalue weighted by atomic mass is 10.2. The van der Waals surface area contributed by atoms with Crippen molar-refractivity contribution in [1.29, 1.82) is 0 Å². The maximum absolute atomic E-state index is 12.2. The Morgan fingerprint density at radius 2 is 1.84 bits per heavy atom. The van der Waals surface area contributed by atoms with Crippen molar-refractivity contribution >= 4 is 33.5 Å². The van der Waals surface area contributed by atoms with Crippen molar-refractivity contribution in [3.8, 4) is 5.75 Å². The lowest BCUT2D eigenvalue weighted by molar-refractivity contribution is 0.102. The van der Waals surface area contributed by atoms with Crippen LogP contribution < -0.4 is 4.74 Å². The first-order valence-electron chi connectivity index (χ1n) is 7.61. The highest BCUT2D eigenvalue weighted by Gasteiger charge is 2.13. The van der Waals surface area contributed by atoms with E-state index in [9.17, 15) is 4.79 Å². The summed E-state index contributed by atoms with van der Waals surface area (Å²) in [5.74, 6) is 1.86. The van der Waals surface area contributed by atoms with Gasteiger partial charge in [0.05, 0.1) is 5.75 Å². The molecule has 0 aliphatic carbocycles. The Bertz CT molecular complexity index is 851. The van der Waals surface area contributed by atoms with Gasteiger partial charge >= 0.3 is 0 Å². The normalized spacial score (nSPS) is 10.6. The predicted molar refractivity (Wildman–Crippen MR) is 101 cm³/mol. The number of carbonyl (C=O) groups is 1. The van der Waals surface area contributed by atoms with E-state index in [1.165, 1.54) is 11.8 Å². The SMILES string of the molecule is Cn1c(COc2ccccc2)nnc1SCC(=O)c1ccc(Br)cc1. The Morgan fingerprint density at radius 1 is 1.12 bits per heavy atom. The van der Waals surface area contributed by atoms with Crippen LogP contribution in [0.5, 0.6) is 5.75 Å². The van der Waals surface area contributed by atoms with Crippen molar-refractivity contribution in [3.63, 3.8) is 0 Å². The molecular weight excluding hydrogens is 402 g/mol. The van der Waals surface area contributed by atoms with Crippen LogP contribution in [-0.2, 0) is 13.7 Å². The van der Waals surface area contributed by atoms with Crippen LogP contribution in [-0.4, -0.2) is 26.3 Å². The molecule has 1 heterocycles. The van der Waals surface area contributed by atoms with Crippen molar-refractivity contribution in [2.45, 2.75) is 11.8 Å². The van der Waals surface area contributed by atoms with Gasteiger partial charge in [-0.1, -0.05) is 58.0 Å². The zero-order chi connectivity index (χ0) is 17.6. The van der Waals surface area contributed by atoms with Crippen LogP contribution in [0.1, 0.15) is 16.2 Å². The first kappa shape index (κ1) is 17.7. The largest absolute Gasteiger partial charge is 0.486 e. The quantitative estimate of drug-likeness (QED) is 0.427. The number of hydrogen-bond donors (Lipinski definition) is 0. The molecule has 0 aliphatic heterocycles. The summed E-state index contributed by atoms with van der Waals surface area (Å²) in [4.78, 5) is 12.2. The van der Waals surface area contributed by atoms with Crippen LogP contribution in [0.2, 0.25) is 0 Å². The number of ketones is 1. The lowest BCUT2D eigenvalue weighted by Crippen LogP contribution is -2.06. The van der Waals surface area contributed by atoms with E-state index in [-0.39, 0.29) is 5.78 Å². The van der Waals surface area contributed by atoms with Gasteiger partial charge in [0.25, 0.3) is 0 Å². The summed E-state index contributed by atoms with van der Waals surface area (Å²) < 4.78 is 8.49. The topological polar surface area (TPSA) is 57.0 Å². The first-order valence-corrected chi connectivity index (χ1v) is 9.39. The number of hydrogen-bond acceptors (Lipinski definition) is 5.